The maximum absolute atomic E-state index is 10.6. The van der Waals surface area contributed by atoms with Gasteiger partial charge < -0.3 is 9.88 Å². The fraction of sp³-hybridized carbons (Fsp3) is 0.182. The third-order valence-corrected chi connectivity index (χ3v) is 3.76. The number of nitrogens with zero attached hydrogens (tertiary/aromatic N) is 3. The Morgan fingerprint density at radius 2 is 2.22 bits per heavy atom. The molecule has 1 N–H and O–H groups in total. The number of anilines is 1. The van der Waals surface area contributed by atoms with E-state index >= 15 is 0 Å². The van der Waals surface area contributed by atoms with Gasteiger partial charge in [-0.2, -0.15) is 0 Å². The summed E-state index contributed by atoms with van der Waals surface area (Å²) in [6.07, 6.45) is 0.623. The molecule has 0 radical (unpaired) electrons. The first-order chi connectivity index (χ1) is 8.61. The number of halogens is 1. The molecule has 7 heteroatoms. The molecule has 1 amide bonds. The summed E-state index contributed by atoms with van der Waals surface area (Å²) < 4.78 is 1.88. The van der Waals surface area contributed by atoms with Crippen molar-refractivity contribution in [2.24, 2.45) is 7.05 Å². The molecule has 0 spiro atoms. The van der Waals surface area contributed by atoms with Crippen LogP contribution in [0.15, 0.2) is 28.3 Å². The SMILES string of the molecule is Cc1nnc(Sc2ccc(Cl)cc2NC=O)n1C. The smallest absolute Gasteiger partial charge is 0.211 e. The van der Waals surface area contributed by atoms with E-state index in [0.717, 1.165) is 15.9 Å². The first-order valence-electron chi connectivity index (χ1n) is 5.15. The van der Waals surface area contributed by atoms with E-state index in [2.05, 4.69) is 15.5 Å². The van der Waals surface area contributed by atoms with Crippen molar-refractivity contribution in [2.45, 2.75) is 17.0 Å². The lowest BCUT2D eigenvalue weighted by atomic mass is 10.3. The molecule has 1 aromatic heterocycles. The van der Waals surface area contributed by atoms with Gasteiger partial charge in [-0.15, -0.1) is 10.2 Å². The molecule has 0 aliphatic rings. The summed E-state index contributed by atoms with van der Waals surface area (Å²) in [5.74, 6) is 0.830. The molecule has 5 nitrogen and oxygen atoms in total. The van der Waals surface area contributed by atoms with Gasteiger partial charge in [-0.3, -0.25) is 4.79 Å². The lowest BCUT2D eigenvalue weighted by Crippen LogP contribution is -1.97. The van der Waals surface area contributed by atoms with Crippen LogP contribution in [0.3, 0.4) is 0 Å². The van der Waals surface area contributed by atoms with Crippen LogP contribution in [0.1, 0.15) is 5.82 Å². The Labute approximate surface area is 114 Å². The third-order valence-electron chi connectivity index (χ3n) is 2.41. The number of hydrogen-bond acceptors (Lipinski definition) is 4. The van der Waals surface area contributed by atoms with E-state index in [1.807, 2.05) is 24.6 Å². The van der Waals surface area contributed by atoms with Crippen LogP contribution in [0.2, 0.25) is 5.02 Å². The summed E-state index contributed by atoms with van der Waals surface area (Å²) in [4.78, 5) is 11.4. The van der Waals surface area contributed by atoms with Crippen molar-refractivity contribution < 1.29 is 4.79 Å². The van der Waals surface area contributed by atoms with E-state index in [1.54, 1.807) is 12.1 Å². The van der Waals surface area contributed by atoms with Crippen molar-refractivity contribution in [3.63, 3.8) is 0 Å². The fourth-order valence-corrected chi connectivity index (χ4v) is 2.43. The standard InChI is InChI=1S/C11H11ClN4OS/c1-7-14-15-11(16(7)2)18-10-4-3-8(12)5-9(10)13-6-17/h3-6H,1-2H3,(H,13,17). The minimum absolute atomic E-state index is 0.567. The molecule has 0 unspecified atom stereocenters. The monoisotopic (exact) mass is 282 g/mol. The molecule has 2 aromatic rings. The first-order valence-corrected chi connectivity index (χ1v) is 6.35. The highest BCUT2D eigenvalue weighted by molar-refractivity contribution is 7.99. The van der Waals surface area contributed by atoms with Crippen LogP contribution in [-0.2, 0) is 11.8 Å². The Morgan fingerprint density at radius 1 is 1.44 bits per heavy atom. The molecular weight excluding hydrogens is 272 g/mol. The van der Waals surface area contributed by atoms with Crippen LogP contribution >= 0.6 is 23.4 Å². The van der Waals surface area contributed by atoms with Crippen molar-refractivity contribution in [3.8, 4) is 0 Å². The maximum Gasteiger partial charge on any atom is 0.211 e. The largest absolute Gasteiger partial charge is 0.328 e. The van der Waals surface area contributed by atoms with Crippen molar-refractivity contribution in [1.82, 2.24) is 14.8 Å². The topological polar surface area (TPSA) is 59.8 Å². The first kappa shape index (κ1) is 12.9. The van der Waals surface area contributed by atoms with Crippen LogP contribution in [0.25, 0.3) is 0 Å². The second-order valence-electron chi connectivity index (χ2n) is 3.59. The number of nitrogens with one attached hydrogen (secondary N) is 1. The number of amides is 1. The van der Waals surface area contributed by atoms with Crippen molar-refractivity contribution >= 4 is 35.5 Å². The number of hydrogen-bond donors (Lipinski definition) is 1. The molecule has 0 aliphatic carbocycles. The summed E-state index contributed by atoms with van der Waals surface area (Å²) in [5, 5.41) is 12.0. The van der Waals surface area contributed by atoms with E-state index in [1.165, 1.54) is 11.8 Å². The molecule has 2 rings (SSSR count). The lowest BCUT2D eigenvalue weighted by molar-refractivity contribution is -0.105. The number of aryl methyl sites for hydroxylation is 1. The van der Waals surface area contributed by atoms with Crippen LogP contribution in [0.4, 0.5) is 5.69 Å². The summed E-state index contributed by atoms with van der Waals surface area (Å²) in [5.41, 5.74) is 0.656. The Hall–Kier alpha value is -1.53. The number of carbonyl (C=O) groups excluding carboxylic acids is 1. The molecule has 1 aromatic carbocycles. The number of benzene rings is 1. The lowest BCUT2D eigenvalue weighted by Gasteiger charge is -2.07. The minimum Gasteiger partial charge on any atom is -0.328 e. The van der Waals surface area contributed by atoms with Crippen molar-refractivity contribution in [2.75, 3.05) is 5.32 Å². The number of carbonyl (C=O) groups is 1. The normalized spacial score (nSPS) is 10.4. The second-order valence-corrected chi connectivity index (χ2v) is 5.04. The van der Waals surface area contributed by atoms with E-state index in [4.69, 9.17) is 11.6 Å². The average Bonchev–Trinajstić information content (AvgIpc) is 2.65. The Morgan fingerprint density at radius 3 is 2.83 bits per heavy atom. The Balaban J connectivity index is 2.33. The van der Waals surface area contributed by atoms with Crippen LogP contribution < -0.4 is 5.32 Å². The Kier molecular flexibility index (Phi) is 3.88. The van der Waals surface area contributed by atoms with Gasteiger partial charge in [-0.25, -0.2) is 0 Å². The zero-order valence-corrected chi connectivity index (χ0v) is 11.4. The summed E-state index contributed by atoms with van der Waals surface area (Å²) in [6.45, 7) is 1.88. The molecular formula is C11H11ClN4OS. The van der Waals surface area contributed by atoms with Gasteiger partial charge in [0.15, 0.2) is 5.16 Å². The van der Waals surface area contributed by atoms with E-state index in [9.17, 15) is 4.79 Å². The highest BCUT2D eigenvalue weighted by Crippen LogP contribution is 2.33. The zero-order valence-electron chi connectivity index (χ0n) is 9.85. The number of aromatic nitrogens is 3. The fourth-order valence-electron chi connectivity index (χ4n) is 1.34. The summed E-state index contributed by atoms with van der Waals surface area (Å²) >= 11 is 7.31. The van der Waals surface area contributed by atoms with Gasteiger partial charge in [0.25, 0.3) is 0 Å². The molecule has 0 saturated heterocycles. The van der Waals surface area contributed by atoms with E-state index < -0.39 is 0 Å². The molecule has 1 heterocycles. The van der Waals surface area contributed by atoms with Crippen LogP contribution in [0.5, 0.6) is 0 Å². The molecule has 18 heavy (non-hydrogen) atoms. The quantitative estimate of drug-likeness (QED) is 0.876. The van der Waals surface area contributed by atoms with Crippen LogP contribution in [-0.4, -0.2) is 21.2 Å². The summed E-state index contributed by atoms with van der Waals surface area (Å²) in [7, 11) is 1.89. The van der Waals surface area contributed by atoms with Crippen molar-refractivity contribution in [3.05, 3.63) is 29.0 Å². The highest BCUT2D eigenvalue weighted by atomic mass is 35.5. The third kappa shape index (κ3) is 2.65. The average molecular weight is 283 g/mol. The van der Waals surface area contributed by atoms with Gasteiger partial charge in [0.1, 0.15) is 5.82 Å². The van der Waals surface area contributed by atoms with Gasteiger partial charge >= 0.3 is 0 Å². The number of rotatable bonds is 4. The zero-order chi connectivity index (χ0) is 13.1. The second kappa shape index (κ2) is 5.41. The van der Waals surface area contributed by atoms with Gasteiger partial charge in [-0.05, 0) is 36.9 Å². The predicted molar refractivity (Wildman–Crippen MR) is 71.0 cm³/mol. The maximum atomic E-state index is 10.6. The minimum atomic E-state index is 0.567. The van der Waals surface area contributed by atoms with E-state index in [0.29, 0.717) is 17.1 Å². The molecule has 0 bridgehead atoms. The van der Waals surface area contributed by atoms with Crippen LogP contribution in [0, 0.1) is 6.92 Å². The molecule has 0 fully saturated rings. The van der Waals surface area contributed by atoms with Gasteiger partial charge in [0.2, 0.25) is 6.41 Å². The van der Waals surface area contributed by atoms with E-state index in [-0.39, 0.29) is 0 Å². The highest BCUT2D eigenvalue weighted by Gasteiger charge is 2.10. The molecule has 0 atom stereocenters. The van der Waals surface area contributed by atoms with Gasteiger partial charge in [-0.1, -0.05) is 11.6 Å². The van der Waals surface area contributed by atoms with Gasteiger partial charge in [0, 0.05) is 17.0 Å². The van der Waals surface area contributed by atoms with Crippen molar-refractivity contribution in [1.29, 1.82) is 0 Å². The van der Waals surface area contributed by atoms with Gasteiger partial charge in [0.05, 0.1) is 5.69 Å². The Bertz CT molecular complexity index is 584. The predicted octanol–water partition coefficient (Wildman–Crippen LogP) is 2.50. The summed E-state index contributed by atoms with van der Waals surface area (Å²) in [6, 6.07) is 5.30. The molecule has 94 valence electrons. The molecule has 0 saturated carbocycles. The molecule has 0 aliphatic heterocycles.